The van der Waals surface area contributed by atoms with Crippen LogP contribution < -0.4 is 0 Å². The predicted molar refractivity (Wildman–Crippen MR) is 77.2 cm³/mol. The lowest BCUT2D eigenvalue weighted by Crippen LogP contribution is -2.30. The summed E-state index contributed by atoms with van der Waals surface area (Å²) in [6, 6.07) is 5.42. The molecule has 0 radical (unpaired) electrons. The number of rotatable bonds is 2. The molecule has 3 aromatic rings. The highest BCUT2D eigenvalue weighted by Crippen LogP contribution is 2.32. The molecule has 112 valence electrons. The van der Waals surface area contributed by atoms with E-state index in [0.29, 0.717) is 11.2 Å². The molecule has 1 atom stereocenters. The maximum atomic E-state index is 12.8. The topological polar surface area (TPSA) is 76.5 Å². The molecule has 0 aliphatic carbocycles. The van der Waals surface area contributed by atoms with Gasteiger partial charge in [0, 0.05) is 24.4 Å². The molecule has 7 heteroatoms. The number of aryl methyl sites for hydroxylation is 1. The van der Waals surface area contributed by atoms with E-state index in [2.05, 4.69) is 15.2 Å². The molecule has 4 heterocycles. The second-order valence-corrected chi connectivity index (χ2v) is 5.50. The number of nitrogens with zero attached hydrogens (tertiary/aromatic N) is 5. The predicted octanol–water partition coefficient (Wildman–Crippen LogP) is 2.00. The van der Waals surface area contributed by atoms with Crippen LogP contribution in [-0.4, -0.2) is 37.1 Å². The Kier molecular flexibility index (Phi) is 2.92. The highest BCUT2D eigenvalue weighted by molar-refractivity contribution is 5.95. The minimum atomic E-state index is -0.0148. The molecule has 0 spiro atoms. The first kappa shape index (κ1) is 13.0. The molecule has 3 aromatic heterocycles. The third-order valence-corrected chi connectivity index (χ3v) is 4.03. The van der Waals surface area contributed by atoms with Crippen molar-refractivity contribution in [3.8, 4) is 0 Å². The first-order chi connectivity index (χ1) is 10.7. The minimum absolute atomic E-state index is 0.00588. The Bertz CT molecular complexity index is 837. The van der Waals surface area contributed by atoms with Crippen LogP contribution in [0.1, 0.15) is 40.7 Å². The first-order valence-corrected chi connectivity index (χ1v) is 7.26. The Balaban J connectivity index is 1.65. The second kappa shape index (κ2) is 4.94. The van der Waals surface area contributed by atoms with Crippen LogP contribution in [0.3, 0.4) is 0 Å². The molecule has 1 aliphatic rings. The molecule has 0 N–H and O–H groups in total. The second-order valence-electron chi connectivity index (χ2n) is 5.50. The Hall–Kier alpha value is -2.70. The van der Waals surface area contributed by atoms with Crippen molar-refractivity contribution in [3.63, 3.8) is 0 Å². The fraction of sp³-hybridized carbons (Fsp3) is 0.333. The molecular formula is C15H15N5O2. The van der Waals surface area contributed by atoms with Gasteiger partial charge in [0.1, 0.15) is 17.8 Å². The molecule has 0 saturated carbocycles. The third-order valence-electron chi connectivity index (χ3n) is 4.03. The van der Waals surface area contributed by atoms with Gasteiger partial charge in [-0.1, -0.05) is 5.16 Å². The maximum Gasteiger partial charge on any atom is 0.254 e. The number of carbonyl (C=O) groups excluding carboxylic acids is 1. The summed E-state index contributed by atoms with van der Waals surface area (Å²) < 4.78 is 6.79. The molecule has 0 bridgehead atoms. The van der Waals surface area contributed by atoms with Gasteiger partial charge in [-0.3, -0.25) is 4.79 Å². The van der Waals surface area contributed by atoms with E-state index in [-0.39, 0.29) is 11.9 Å². The Morgan fingerprint density at radius 1 is 1.41 bits per heavy atom. The molecule has 1 fully saturated rings. The number of carbonyl (C=O) groups is 1. The van der Waals surface area contributed by atoms with E-state index >= 15 is 0 Å². The lowest BCUT2D eigenvalue weighted by atomic mass is 10.1. The van der Waals surface area contributed by atoms with E-state index in [9.17, 15) is 4.79 Å². The molecule has 22 heavy (non-hydrogen) atoms. The third kappa shape index (κ3) is 2.05. The number of likely N-dealkylation sites (tertiary alicyclic amines) is 1. The van der Waals surface area contributed by atoms with Crippen LogP contribution in [0.4, 0.5) is 0 Å². The lowest BCUT2D eigenvalue weighted by Gasteiger charge is -2.23. The number of hydrogen-bond acceptors (Lipinski definition) is 5. The zero-order valence-electron chi connectivity index (χ0n) is 12.1. The van der Waals surface area contributed by atoms with Gasteiger partial charge in [0.25, 0.3) is 5.91 Å². The fourth-order valence-electron chi connectivity index (χ4n) is 2.97. The van der Waals surface area contributed by atoms with E-state index < -0.39 is 0 Å². The van der Waals surface area contributed by atoms with Crippen LogP contribution in [0.25, 0.3) is 5.65 Å². The molecule has 1 unspecified atom stereocenters. The first-order valence-electron chi connectivity index (χ1n) is 7.26. The monoisotopic (exact) mass is 297 g/mol. The molecule has 0 aromatic carbocycles. The standard InChI is InChI=1S/C15H15N5O2/c1-10-7-12(18-22-10)13-3-2-5-19(13)15(21)11-4-6-20-14(8-11)16-9-17-20/h4,6-9,13H,2-3,5H2,1H3. The van der Waals surface area contributed by atoms with Crippen molar-refractivity contribution in [1.29, 1.82) is 0 Å². The lowest BCUT2D eigenvalue weighted by molar-refractivity contribution is 0.0731. The summed E-state index contributed by atoms with van der Waals surface area (Å²) in [5.74, 6) is 0.757. The van der Waals surface area contributed by atoms with Crippen LogP contribution in [-0.2, 0) is 0 Å². The zero-order chi connectivity index (χ0) is 15.1. The Morgan fingerprint density at radius 3 is 3.14 bits per heavy atom. The van der Waals surface area contributed by atoms with Gasteiger partial charge in [0.05, 0.1) is 6.04 Å². The summed E-state index contributed by atoms with van der Waals surface area (Å²) in [5, 5.41) is 8.11. The molecule has 7 nitrogen and oxygen atoms in total. The van der Waals surface area contributed by atoms with Gasteiger partial charge in [-0.2, -0.15) is 5.10 Å². The normalized spacial score (nSPS) is 18.2. The Labute approximate surface area is 126 Å². The van der Waals surface area contributed by atoms with Crippen LogP contribution in [0.5, 0.6) is 0 Å². The molecule has 4 rings (SSSR count). The number of pyridine rings is 1. The number of hydrogen-bond donors (Lipinski definition) is 0. The maximum absolute atomic E-state index is 12.8. The van der Waals surface area contributed by atoms with Gasteiger partial charge in [0.15, 0.2) is 5.65 Å². The van der Waals surface area contributed by atoms with Crippen LogP contribution in [0, 0.1) is 6.92 Å². The van der Waals surface area contributed by atoms with E-state index in [4.69, 9.17) is 4.52 Å². The van der Waals surface area contributed by atoms with E-state index in [0.717, 1.165) is 30.8 Å². The van der Waals surface area contributed by atoms with Crippen LogP contribution in [0.15, 0.2) is 35.2 Å². The summed E-state index contributed by atoms with van der Waals surface area (Å²) >= 11 is 0. The van der Waals surface area contributed by atoms with E-state index in [1.54, 1.807) is 22.8 Å². The largest absolute Gasteiger partial charge is 0.361 e. The van der Waals surface area contributed by atoms with Crippen molar-refractivity contribution < 1.29 is 9.32 Å². The van der Waals surface area contributed by atoms with Gasteiger partial charge >= 0.3 is 0 Å². The summed E-state index contributed by atoms with van der Waals surface area (Å²) in [7, 11) is 0. The van der Waals surface area contributed by atoms with Crippen molar-refractivity contribution >= 4 is 11.6 Å². The molecule has 1 saturated heterocycles. The Morgan fingerprint density at radius 2 is 2.32 bits per heavy atom. The van der Waals surface area contributed by atoms with Gasteiger partial charge in [0.2, 0.25) is 0 Å². The number of fused-ring (bicyclic) bond motifs is 1. The highest BCUT2D eigenvalue weighted by Gasteiger charge is 2.32. The SMILES string of the molecule is Cc1cc(C2CCCN2C(=O)c2ccn3ncnc3c2)no1. The van der Waals surface area contributed by atoms with Crippen molar-refractivity contribution in [2.24, 2.45) is 0 Å². The van der Waals surface area contributed by atoms with Gasteiger partial charge in [-0.05, 0) is 31.9 Å². The van der Waals surface area contributed by atoms with Crippen molar-refractivity contribution in [2.75, 3.05) is 6.54 Å². The average Bonchev–Trinajstić information content (AvgIpc) is 3.25. The van der Waals surface area contributed by atoms with E-state index in [1.807, 2.05) is 17.9 Å². The number of amides is 1. The van der Waals surface area contributed by atoms with Gasteiger partial charge < -0.3 is 9.42 Å². The fourth-order valence-corrected chi connectivity index (χ4v) is 2.97. The number of aromatic nitrogens is 4. The molecular weight excluding hydrogens is 282 g/mol. The van der Waals surface area contributed by atoms with E-state index in [1.165, 1.54) is 6.33 Å². The average molecular weight is 297 g/mol. The minimum Gasteiger partial charge on any atom is -0.361 e. The summed E-state index contributed by atoms with van der Waals surface area (Å²) in [6.45, 7) is 2.59. The van der Waals surface area contributed by atoms with Gasteiger partial charge in [-0.25, -0.2) is 9.50 Å². The quantitative estimate of drug-likeness (QED) is 0.723. The smallest absolute Gasteiger partial charge is 0.254 e. The highest BCUT2D eigenvalue weighted by atomic mass is 16.5. The molecule has 1 amide bonds. The van der Waals surface area contributed by atoms with Crippen molar-refractivity contribution in [2.45, 2.75) is 25.8 Å². The van der Waals surface area contributed by atoms with Crippen molar-refractivity contribution in [1.82, 2.24) is 24.7 Å². The van der Waals surface area contributed by atoms with Crippen LogP contribution in [0.2, 0.25) is 0 Å². The summed E-state index contributed by atoms with van der Waals surface area (Å²) in [4.78, 5) is 18.8. The summed E-state index contributed by atoms with van der Waals surface area (Å²) in [6.07, 6.45) is 5.10. The van der Waals surface area contributed by atoms with Crippen LogP contribution >= 0.6 is 0 Å². The molecule has 1 aliphatic heterocycles. The summed E-state index contributed by atoms with van der Waals surface area (Å²) in [5.41, 5.74) is 2.11. The van der Waals surface area contributed by atoms with Crippen molar-refractivity contribution in [3.05, 3.63) is 47.7 Å². The van der Waals surface area contributed by atoms with Gasteiger partial charge in [-0.15, -0.1) is 0 Å². The zero-order valence-corrected chi connectivity index (χ0v) is 12.1.